The highest BCUT2D eigenvalue weighted by molar-refractivity contribution is 5.77. The second kappa shape index (κ2) is 5.17. The van der Waals surface area contributed by atoms with Crippen LogP contribution in [0.5, 0.6) is 0 Å². The van der Waals surface area contributed by atoms with Gasteiger partial charge >= 0.3 is 0 Å². The van der Waals surface area contributed by atoms with E-state index in [0.29, 0.717) is 23.9 Å². The minimum atomic E-state index is -0.272. The third-order valence-electron chi connectivity index (χ3n) is 3.17. The number of fused-ring (bicyclic) bond motifs is 1. The predicted molar refractivity (Wildman–Crippen MR) is 76.6 cm³/mol. The Bertz CT molecular complexity index is 564. The maximum atomic E-state index is 13.1. The van der Waals surface area contributed by atoms with Crippen LogP contribution in [0.3, 0.4) is 0 Å². The van der Waals surface area contributed by atoms with Gasteiger partial charge in [-0.15, -0.1) is 0 Å². The number of nitrogens with zero attached hydrogens (tertiary/aromatic N) is 1. The first-order valence-corrected chi connectivity index (χ1v) is 6.55. The van der Waals surface area contributed by atoms with Crippen molar-refractivity contribution in [3.63, 3.8) is 0 Å². The van der Waals surface area contributed by atoms with E-state index in [1.807, 2.05) is 0 Å². The maximum Gasteiger partial charge on any atom is 0.201 e. The molecule has 1 aromatic heterocycles. The number of imidazole rings is 1. The minimum absolute atomic E-state index is 0.222. The molecule has 0 saturated carbocycles. The molecule has 0 radical (unpaired) electrons. The zero-order chi connectivity index (χ0) is 14.0. The monoisotopic (exact) mass is 264 g/mol. The number of nitrogens with one attached hydrogen (secondary N) is 2. The number of benzene rings is 1. The fourth-order valence-electron chi connectivity index (χ4n) is 2.41. The first kappa shape index (κ1) is 13.8. The molecule has 1 unspecified atom stereocenters. The van der Waals surface area contributed by atoms with Gasteiger partial charge in [0.1, 0.15) is 5.82 Å². The van der Waals surface area contributed by atoms with Crippen LogP contribution in [0.4, 0.5) is 10.3 Å². The number of aromatic amines is 1. The lowest BCUT2D eigenvalue weighted by Crippen LogP contribution is -2.44. The fraction of sp³-hybridized carbons (Fsp3) is 0.500. The van der Waals surface area contributed by atoms with E-state index in [1.165, 1.54) is 12.1 Å². The van der Waals surface area contributed by atoms with Gasteiger partial charge in [0, 0.05) is 12.1 Å². The molecule has 0 aliphatic heterocycles. The van der Waals surface area contributed by atoms with Crippen molar-refractivity contribution in [3.05, 3.63) is 24.0 Å². The summed E-state index contributed by atoms with van der Waals surface area (Å²) in [7, 11) is 0. The SMILES string of the molecule is CC(C)CC(C)(CN)Nc1nc2ccc(F)cc2[nH]1. The number of hydrogen-bond acceptors (Lipinski definition) is 3. The van der Waals surface area contributed by atoms with Crippen LogP contribution in [-0.2, 0) is 0 Å². The third-order valence-corrected chi connectivity index (χ3v) is 3.17. The summed E-state index contributed by atoms with van der Waals surface area (Å²) in [6.45, 7) is 6.89. The van der Waals surface area contributed by atoms with E-state index in [1.54, 1.807) is 6.07 Å². The van der Waals surface area contributed by atoms with Crippen molar-refractivity contribution in [2.24, 2.45) is 11.7 Å². The highest BCUT2D eigenvalue weighted by Gasteiger charge is 2.24. The molecular formula is C14H21FN4. The number of anilines is 1. The van der Waals surface area contributed by atoms with Crippen LogP contribution in [0, 0.1) is 11.7 Å². The van der Waals surface area contributed by atoms with Gasteiger partial charge < -0.3 is 16.0 Å². The fourth-order valence-corrected chi connectivity index (χ4v) is 2.41. The van der Waals surface area contributed by atoms with Crippen LogP contribution >= 0.6 is 0 Å². The van der Waals surface area contributed by atoms with Gasteiger partial charge in [-0.2, -0.15) is 0 Å². The van der Waals surface area contributed by atoms with E-state index in [9.17, 15) is 4.39 Å². The van der Waals surface area contributed by atoms with Crippen LogP contribution in [0.15, 0.2) is 18.2 Å². The van der Waals surface area contributed by atoms with Gasteiger partial charge in [0.15, 0.2) is 0 Å². The Morgan fingerprint density at radius 3 is 2.84 bits per heavy atom. The summed E-state index contributed by atoms with van der Waals surface area (Å²) in [4.78, 5) is 7.49. The molecule has 1 heterocycles. The van der Waals surface area contributed by atoms with Crippen molar-refractivity contribution in [2.45, 2.75) is 32.7 Å². The van der Waals surface area contributed by atoms with Crippen molar-refractivity contribution in [1.82, 2.24) is 9.97 Å². The van der Waals surface area contributed by atoms with Gasteiger partial charge in [0.25, 0.3) is 0 Å². The number of halogens is 1. The Hall–Kier alpha value is -1.62. The molecular weight excluding hydrogens is 243 g/mol. The predicted octanol–water partition coefficient (Wildman–Crippen LogP) is 2.88. The Morgan fingerprint density at radius 2 is 2.21 bits per heavy atom. The Labute approximate surface area is 112 Å². The molecule has 0 fully saturated rings. The van der Waals surface area contributed by atoms with Crippen molar-refractivity contribution in [2.75, 3.05) is 11.9 Å². The van der Waals surface area contributed by atoms with Crippen LogP contribution < -0.4 is 11.1 Å². The second-order valence-corrected chi connectivity index (χ2v) is 5.73. The first-order valence-electron chi connectivity index (χ1n) is 6.55. The Kier molecular flexibility index (Phi) is 3.75. The molecule has 0 amide bonds. The lowest BCUT2D eigenvalue weighted by atomic mass is 9.91. The Balaban J connectivity index is 2.24. The second-order valence-electron chi connectivity index (χ2n) is 5.73. The van der Waals surface area contributed by atoms with E-state index in [-0.39, 0.29) is 11.4 Å². The molecule has 19 heavy (non-hydrogen) atoms. The van der Waals surface area contributed by atoms with E-state index >= 15 is 0 Å². The summed E-state index contributed by atoms with van der Waals surface area (Å²) in [5, 5.41) is 3.33. The quantitative estimate of drug-likeness (QED) is 0.778. The molecule has 0 saturated heterocycles. The summed E-state index contributed by atoms with van der Waals surface area (Å²) in [6, 6.07) is 4.51. The van der Waals surface area contributed by atoms with E-state index in [4.69, 9.17) is 5.73 Å². The highest BCUT2D eigenvalue weighted by Crippen LogP contribution is 2.22. The van der Waals surface area contributed by atoms with Crippen LogP contribution in [0.2, 0.25) is 0 Å². The molecule has 1 aromatic carbocycles. The minimum Gasteiger partial charge on any atom is -0.349 e. The normalized spacial score (nSPS) is 14.8. The summed E-state index contributed by atoms with van der Waals surface area (Å²) < 4.78 is 13.1. The van der Waals surface area contributed by atoms with Crippen molar-refractivity contribution in [1.29, 1.82) is 0 Å². The number of aromatic nitrogens is 2. The average Bonchev–Trinajstić information content (AvgIpc) is 2.68. The molecule has 1 atom stereocenters. The zero-order valence-electron chi connectivity index (χ0n) is 11.6. The molecule has 0 aliphatic rings. The third kappa shape index (κ3) is 3.23. The number of nitrogens with two attached hydrogens (primary N) is 1. The zero-order valence-corrected chi connectivity index (χ0v) is 11.6. The molecule has 0 aliphatic carbocycles. The van der Waals surface area contributed by atoms with E-state index < -0.39 is 0 Å². The average molecular weight is 264 g/mol. The van der Waals surface area contributed by atoms with Crippen LogP contribution in [-0.4, -0.2) is 22.1 Å². The molecule has 2 rings (SSSR count). The number of rotatable bonds is 5. The van der Waals surface area contributed by atoms with Gasteiger partial charge in [-0.1, -0.05) is 13.8 Å². The van der Waals surface area contributed by atoms with Gasteiger partial charge in [-0.05, 0) is 37.5 Å². The summed E-state index contributed by atoms with van der Waals surface area (Å²) in [6.07, 6.45) is 0.939. The highest BCUT2D eigenvalue weighted by atomic mass is 19.1. The first-order chi connectivity index (χ1) is 8.92. The lowest BCUT2D eigenvalue weighted by Gasteiger charge is -2.30. The molecule has 0 spiro atoms. The molecule has 5 heteroatoms. The summed E-state index contributed by atoms with van der Waals surface area (Å²) in [5.41, 5.74) is 7.07. The molecule has 2 aromatic rings. The van der Waals surface area contributed by atoms with Crippen molar-refractivity contribution < 1.29 is 4.39 Å². The van der Waals surface area contributed by atoms with Gasteiger partial charge in [-0.25, -0.2) is 9.37 Å². The van der Waals surface area contributed by atoms with Crippen molar-refractivity contribution in [3.8, 4) is 0 Å². The standard InChI is InChI=1S/C14H21FN4/c1-9(2)7-14(3,8-16)19-13-17-11-5-4-10(15)6-12(11)18-13/h4-6,9H,7-8,16H2,1-3H3,(H2,17,18,19). The largest absolute Gasteiger partial charge is 0.349 e. The topological polar surface area (TPSA) is 66.7 Å². The van der Waals surface area contributed by atoms with Gasteiger partial charge in [0.05, 0.1) is 11.0 Å². The molecule has 4 N–H and O–H groups in total. The smallest absolute Gasteiger partial charge is 0.201 e. The summed E-state index contributed by atoms with van der Waals surface area (Å²) in [5.74, 6) is 0.892. The van der Waals surface area contributed by atoms with Crippen LogP contribution in [0.1, 0.15) is 27.2 Å². The number of H-pyrrole nitrogens is 1. The van der Waals surface area contributed by atoms with Gasteiger partial charge in [0.2, 0.25) is 5.95 Å². The molecule has 0 bridgehead atoms. The van der Waals surface area contributed by atoms with E-state index in [0.717, 1.165) is 11.9 Å². The van der Waals surface area contributed by atoms with Crippen molar-refractivity contribution >= 4 is 17.0 Å². The lowest BCUT2D eigenvalue weighted by molar-refractivity contribution is 0.405. The van der Waals surface area contributed by atoms with Gasteiger partial charge in [-0.3, -0.25) is 0 Å². The Morgan fingerprint density at radius 1 is 1.47 bits per heavy atom. The summed E-state index contributed by atoms with van der Waals surface area (Å²) >= 11 is 0. The molecule has 4 nitrogen and oxygen atoms in total. The van der Waals surface area contributed by atoms with E-state index in [2.05, 4.69) is 36.1 Å². The maximum absolute atomic E-state index is 13.1. The van der Waals surface area contributed by atoms with Crippen LogP contribution in [0.25, 0.3) is 11.0 Å². The number of hydrogen-bond donors (Lipinski definition) is 3. The molecule has 104 valence electrons.